The Labute approximate surface area is 114 Å². The van der Waals surface area contributed by atoms with Crippen LogP contribution in [0.1, 0.15) is 12.0 Å². The van der Waals surface area contributed by atoms with Crippen LogP contribution in [0.3, 0.4) is 0 Å². The zero-order valence-electron chi connectivity index (χ0n) is 8.89. The number of hydrogen-bond acceptors (Lipinski definition) is 3. The number of nitrogens with zero attached hydrogens (tertiary/aromatic N) is 3. The van der Waals surface area contributed by atoms with E-state index in [1.54, 1.807) is 11.9 Å². The summed E-state index contributed by atoms with van der Waals surface area (Å²) in [6.45, 7) is 0.477. The Kier molecular flexibility index (Phi) is 4.84. The van der Waals surface area contributed by atoms with Crippen LogP contribution < -0.4 is 9.88 Å². The van der Waals surface area contributed by atoms with Crippen molar-refractivity contribution in [2.24, 2.45) is 0 Å². The lowest BCUT2D eigenvalue weighted by Crippen LogP contribution is -2.27. The molecule has 7 heteroatoms. The molecule has 88 valence electrons. The van der Waals surface area contributed by atoms with Gasteiger partial charge < -0.3 is 0 Å². The molecule has 4 nitrogen and oxygen atoms in total. The van der Waals surface area contributed by atoms with Crippen molar-refractivity contribution >= 4 is 40.6 Å². The number of nitriles is 2. The Morgan fingerprint density at radius 2 is 1.88 bits per heavy atom. The second kappa shape index (κ2) is 5.93. The summed E-state index contributed by atoms with van der Waals surface area (Å²) in [6, 6.07) is 3.89. The van der Waals surface area contributed by atoms with E-state index in [4.69, 9.17) is 45.3 Å². The van der Waals surface area contributed by atoms with Gasteiger partial charge in [-0.1, -0.05) is 23.2 Å². The Bertz CT molecular complexity index is 516. The van der Waals surface area contributed by atoms with Gasteiger partial charge in [-0.25, -0.2) is 4.98 Å². The number of hydrogen-bond donors (Lipinski definition) is 0. The van der Waals surface area contributed by atoms with Crippen molar-refractivity contribution in [2.75, 3.05) is 18.5 Å². The fraction of sp³-hybridized carbons (Fsp3) is 0.300. The van der Waals surface area contributed by atoms with E-state index in [0.717, 1.165) is 0 Å². The summed E-state index contributed by atoms with van der Waals surface area (Å²) in [5.74, 6) is 0.482. The smallest absolute Gasteiger partial charge is 0.262 e. The number of anilines is 1. The number of nitrogens with one attached hydrogen (secondary N) is 1. The van der Waals surface area contributed by atoms with Crippen LogP contribution in [0.2, 0.25) is 15.2 Å². The summed E-state index contributed by atoms with van der Waals surface area (Å²) in [6.07, 6.45) is 0.343. The first-order valence-electron chi connectivity index (χ1n) is 4.60. The normalized spacial score (nSPS) is 9.53. The van der Waals surface area contributed by atoms with E-state index in [0.29, 0.717) is 18.8 Å². The molecule has 1 aromatic heterocycles. The maximum atomic E-state index is 8.84. The van der Waals surface area contributed by atoms with Crippen molar-refractivity contribution in [1.82, 2.24) is 0 Å². The average Bonchev–Trinajstić information content (AvgIpc) is 2.31. The van der Waals surface area contributed by atoms with Crippen LogP contribution in [0.15, 0.2) is 0 Å². The zero-order valence-corrected chi connectivity index (χ0v) is 11.2. The molecular formula is C10H8Cl3N4+. The van der Waals surface area contributed by atoms with Crippen molar-refractivity contribution < 1.29 is 4.98 Å². The van der Waals surface area contributed by atoms with Crippen LogP contribution >= 0.6 is 34.8 Å². The van der Waals surface area contributed by atoms with Crippen molar-refractivity contribution in [3.63, 3.8) is 0 Å². The van der Waals surface area contributed by atoms with Crippen molar-refractivity contribution in [2.45, 2.75) is 6.42 Å². The summed E-state index contributed by atoms with van der Waals surface area (Å²) >= 11 is 17.8. The number of aromatic amines is 1. The maximum absolute atomic E-state index is 8.84. The molecule has 17 heavy (non-hydrogen) atoms. The SMILES string of the molecule is CN(CCC#N)c1[nH+]c(Cl)c(C#N)c(Cl)c1Cl. The third kappa shape index (κ3) is 2.92. The molecule has 0 spiro atoms. The standard InChI is InChI=1S/C10H7Cl3N4/c1-17(4-2-3-14)10-8(12)7(11)6(5-15)9(13)16-10/h2,4H2,1H3/p+1. The van der Waals surface area contributed by atoms with Gasteiger partial charge in [-0.2, -0.15) is 10.5 Å². The fourth-order valence-corrected chi connectivity index (χ4v) is 2.01. The van der Waals surface area contributed by atoms with Crippen molar-refractivity contribution in [1.29, 1.82) is 10.5 Å². The van der Waals surface area contributed by atoms with Gasteiger partial charge in [0, 0.05) is 0 Å². The minimum Gasteiger partial charge on any atom is -0.262 e. The molecule has 0 fully saturated rings. The Hall–Kier alpha value is -1.20. The summed E-state index contributed by atoms with van der Waals surface area (Å²) in [5.41, 5.74) is 0.107. The van der Waals surface area contributed by atoms with Crippen LogP contribution in [0.5, 0.6) is 0 Å². The number of rotatable bonds is 3. The van der Waals surface area contributed by atoms with Crippen LogP contribution in [-0.4, -0.2) is 13.6 Å². The second-order valence-corrected chi connectivity index (χ2v) is 4.37. The number of aromatic nitrogens is 1. The molecule has 0 aromatic carbocycles. The summed E-state index contributed by atoms with van der Waals surface area (Å²) in [5, 5.41) is 17.8. The lowest BCUT2D eigenvalue weighted by atomic mass is 10.3. The molecule has 0 saturated heterocycles. The minimum absolute atomic E-state index is 0.107. The summed E-state index contributed by atoms with van der Waals surface area (Å²) in [4.78, 5) is 4.50. The molecule has 0 unspecified atom stereocenters. The van der Waals surface area contributed by atoms with Crippen LogP contribution in [0.25, 0.3) is 0 Å². The Morgan fingerprint density at radius 1 is 1.24 bits per heavy atom. The maximum Gasteiger partial charge on any atom is 0.296 e. The molecule has 0 radical (unpaired) electrons. The van der Waals surface area contributed by atoms with Crippen molar-refractivity contribution in [3.8, 4) is 12.1 Å². The first-order chi connectivity index (χ1) is 8.02. The van der Waals surface area contributed by atoms with Crippen LogP contribution in [0, 0.1) is 22.7 Å². The highest BCUT2D eigenvalue weighted by Crippen LogP contribution is 2.33. The van der Waals surface area contributed by atoms with Gasteiger partial charge in [-0.15, -0.1) is 0 Å². The highest BCUT2D eigenvalue weighted by molar-refractivity contribution is 6.45. The van der Waals surface area contributed by atoms with E-state index in [9.17, 15) is 0 Å². The Balaban J connectivity index is 3.20. The average molecular weight is 291 g/mol. The largest absolute Gasteiger partial charge is 0.296 e. The van der Waals surface area contributed by atoms with E-state index in [2.05, 4.69) is 4.98 Å². The topological polar surface area (TPSA) is 65.0 Å². The third-order valence-corrected chi connectivity index (χ3v) is 3.25. The van der Waals surface area contributed by atoms with Crippen molar-refractivity contribution in [3.05, 3.63) is 20.8 Å². The van der Waals surface area contributed by atoms with E-state index >= 15 is 0 Å². The Morgan fingerprint density at radius 3 is 2.41 bits per heavy atom. The molecular weight excluding hydrogens is 282 g/mol. The number of pyridine rings is 1. The molecule has 0 aliphatic rings. The first kappa shape index (κ1) is 13.9. The predicted octanol–water partition coefficient (Wildman–Crippen LogP) is 2.68. The summed E-state index contributed by atoms with van der Waals surface area (Å²) < 4.78 is 0. The lowest BCUT2D eigenvalue weighted by Gasteiger charge is -2.12. The molecule has 0 saturated carbocycles. The predicted molar refractivity (Wildman–Crippen MR) is 66.2 cm³/mol. The van der Waals surface area contributed by atoms with E-state index in [-0.39, 0.29) is 20.8 Å². The van der Waals surface area contributed by atoms with E-state index in [1.165, 1.54) is 0 Å². The molecule has 1 heterocycles. The van der Waals surface area contributed by atoms with Gasteiger partial charge in [-0.3, -0.25) is 4.90 Å². The molecule has 0 aliphatic carbocycles. The zero-order chi connectivity index (χ0) is 13.0. The molecule has 0 bridgehead atoms. The van der Waals surface area contributed by atoms with Gasteiger partial charge >= 0.3 is 0 Å². The van der Waals surface area contributed by atoms with E-state index in [1.807, 2.05) is 12.1 Å². The molecule has 0 aliphatic heterocycles. The van der Waals surface area contributed by atoms with Gasteiger partial charge in [-0.05, 0) is 11.6 Å². The first-order valence-corrected chi connectivity index (χ1v) is 5.74. The van der Waals surface area contributed by atoms with Gasteiger partial charge in [0.15, 0.2) is 0 Å². The minimum atomic E-state index is 0.107. The van der Waals surface area contributed by atoms with Crippen LogP contribution in [-0.2, 0) is 0 Å². The number of halogens is 3. The quantitative estimate of drug-likeness (QED) is 0.804. The van der Waals surface area contributed by atoms with Gasteiger partial charge in [0.1, 0.15) is 16.7 Å². The van der Waals surface area contributed by atoms with E-state index < -0.39 is 0 Å². The summed E-state index contributed by atoms with van der Waals surface area (Å²) in [7, 11) is 1.74. The molecule has 0 atom stereocenters. The van der Waals surface area contributed by atoms with Gasteiger partial charge in [0.05, 0.1) is 31.1 Å². The highest BCUT2D eigenvalue weighted by Gasteiger charge is 2.23. The molecule has 1 N–H and O–H groups in total. The van der Waals surface area contributed by atoms with Gasteiger partial charge in [0.2, 0.25) is 5.15 Å². The molecule has 1 rings (SSSR count). The number of H-pyrrole nitrogens is 1. The lowest BCUT2D eigenvalue weighted by molar-refractivity contribution is -0.361. The molecule has 1 aromatic rings. The molecule has 0 amide bonds. The highest BCUT2D eigenvalue weighted by atomic mass is 35.5. The third-order valence-electron chi connectivity index (χ3n) is 2.12. The second-order valence-electron chi connectivity index (χ2n) is 3.23. The van der Waals surface area contributed by atoms with Gasteiger partial charge in [0.25, 0.3) is 5.82 Å². The monoisotopic (exact) mass is 289 g/mol. The van der Waals surface area contributed by atoms with Crippen LogP contribution in [0.4, 0.5) is 5.82 Å². The fourth-order valence-electron chi connectivity index (χ4n) is 1.22.